The van der Waals surface area contributed by atoms with E-state index in [0.29, 0.717) is 33.2 Å². The van der Waals surface area contributed by atoms with Gasteiger partial charge in [0, 0.05) is 6.07 Å². The van der Waals surface area contributed by atoms with Crippen molar-refractivity contribution in [3.05, 3.63) is 93.8 Å². The van der Waals surface area contributed by atoms with Gasteiger partial charge in [-0.2, -0.15) is 0 Å². The molecule has 0 atom stereocenters. The van der Waals surface area contributed by atoms with Crippen molar-refractivity contribution >= 4 is 34.2 Å². The number of halogens is 1. The van der Waals surface area contributed by atoms with Gasteiger partial charge < -0.3 is 19.2 Å². The molecule has 3 aromatic carbocycles. The molecule has 1 N–H and O–H groups in total. The number of nitrogens with one attached hydrogen (secondary N) is 1. The fourth-order valence-corrected chi connectivity index (χ4v) is 3.35. The van der Waals surface area contributed by atoms with E-state index in [1.165, 1.54) is 6.26 Å². The number of carbonyl (C=O) groups excluding carboxylic acids is 1. The number of anilines is 1. The maximum atomic E-state index is 12.8. The maximum Gasteiger partial charge on any atom is 0.262 e. The maximum absolute atomic E-state index is 12.8. The van der Waals surface area contributed by atoms with Gasteiger partial charge in [-0.25, -0.2) is 0 Å². The van der Waals surface area contributed by atoms with Crippen LogP contribution in [0.15, 0.2) is 82.2 Å². The molecule has 0 fully saturated rings. The largest absolute Gasteiger partial charge is 0.484 e. The molecule has 0 aliphatic carbocycles. The number of hydrogen-bond donors (Lipinski definition) is 1. The van der Waals surface area contributed by atoms with Gasteiger partial charge in [-0.1, -0.05) is 48.9 Å². The summed E-state index contributed by atoms with van der Waals surface area (Å²) in [6.45, 7) is 1.79. The summed E-state index contributed by atoms with van der Waals surface area (Å²) in [5.41, 5.74) is 1.53. The number of rotatable bonds is 7. The van der Waals surface area contributed by atoms with Gasteiger partial charge in [-0.3, -0.25) is 9.59 Å². The number of amides is 1. The molecule has 0 bridgehead atoms. The van der Waals surface area contributed by atoms with Crippen molar-refractivity contribution < 1.29 is 18.7 Å². The molecule has 0 radical (unpaired) electrons. The summed E-state index contributed by atoms with van der Waals surface area (Å²) >= 11 is 6.04. The van der Waals surface area contributed by atoms with E-state index in [1.807, 2.05) is 31.2 Å². The zero-order chi connectivity index (χ0) is 22.5. The minimum Gasteiger partial charge on any atom is -0.484 e. The van der Waals surface area contributed by atoms with Crippen LogP contribution in [0.25, 0.3) is 11.0 Å². The van der Waals surface area contributed by atoms with Gasteiger partial charge in [0.1, 0.15) is 23.3 Å². The Balaban J connectivity index is 1.48. The molecule has 1 aromatic heterocycles. The van der Waals surface area contributed by atoms with E-state index in [4.69, 9.17) is 25.5 Å². The number of fused-ring (bicyclic) bond motifs is 1. The van der Waals surface area contributed by atoms with Crippen molar-refractivity contribution in [2.45, 2.75) is 13.3 Å². The lowest BCUT2D eigenvalue weighted by Crippen LogP contribution is -2.20. The minimum atomic E-state index is -0.363. The highest BCUT2D eigenvalue weighted by Crippen LogP contribution is 2.27. The van der Waals surface area contributed by atoms with Gasteiger partial charge in [-0.05, 0) is 42.3 Å². The lowest BCUT2D eigenvalue weighted by molar-refractivity contribution is -0.118. The molecule has 0 aliphatic rings. The summed E-state index contributed by atoms with van der Waals surface area (Å²) in [7, 11) is 0. The molecule has 32 heavy (non-hydrogen) atoms. The molecule has 0 spiro atoms. The Labute approximate surface area is 189 Å². The normalized spacial score (nSPS) is 10.7. The molecule has 0 saturated heterocycles. The zero-order valence-corrected chi connectivity index (χ0v) is 18.0. The highest BCUT2D eigenvalue weighted by Gasteiger charge is 2.13. The Morgan fingerprint density at radius 2 is 1.81 bits per heavy atom. The first kappa shape index (κ1) is 21.5. The predicted molar refractivity (Wildman–Crippen MR) is 124 cm³/mol. The Morgan fingerprint density at radius 3 is 2.62 bits per heavy atom. The fourth-order valence-electron chi connectivity index (χ4n) is 3.16. The Hall–Kier alpha value is -3.77. The van der Waals surface area contributed by atoms with Gasteiger partial charge in [0.15, 0.2) is 6.61 Å². The first-order chi connectivity index (χ1) is 15.5. The van der Waals surface area contributed by atoms with E-state index in [9.17, 15) is 9.59 Å². The molecular formula is C25H20ClNO5. The highest BCUT2D eigenvalue weighted by atomic mass is 35.5. The molecule has 4 rings (SSSR count). The second-order valence-electron chi connectivity index (χ2n) is 6.97. The second kappa shape index (κ2) is 9.58. The van der Waals surface area contributed by atoms with Crippen LogP contribution in [0.4, 0.5) is 5.69 Å². The Morgan fingerprint density at radius 1 is 1.03 bits per heavy atom. The van der Waals surface area contributed by atoms with Crippen LogP contribution in [0.1, 0.15) is 12.5 Å². The number of hydrogen-bond acceptors (Lipinski definition) is 5. The predicted octanol–water partition coefficient (Wildman–Crippen LogP) is 5.82. The molecule has 7 heteroatoms. The molecule has 0 aliphatic heterocycles. The first-order valence-corrected chi connectivity index (χ1v) is 10.4. The van der Waals surface area contributed by atoms with E-state index in [1.54, 1.807) is 42.5 Å². The number of ether oxygens (including phenoxy) is 2. The molecule has 4 aromatic rings. The number of para-hydroxylation sites is 2. The van der Waals surface area contributed by atoms with Gasteiger partial charge in [0.25, 0.3) is 5.91 Å². The van der Waals surface area contributed by atoms with Gasteiger partial charge in [-0.15, -0.1) is 0 Å². The summed E-state index contributed by atoms with van der Waals surface area (Å²) in [5, 5.41) is 3.47. The molecule has 1 amide bonds. The average Bonchev–Trinajstić information content (AvgIpc) is 2.81. The smallest absolute Gasteiger partial charge is 0.262 e. The van der Waals surface area contributed by atoms with Crippen LogP contribution >= 0.6 is 11.6 Å². The van der Waals surface area contributed by atoms with Crippen molar-refractivity contribution in [1.29, 1.82) is 0 Å². The van der Waals surface area contributed by atoms with Crippen LogP contribution < -0.4 is 20.2 Å². The minimum absolute atomic E-state index is 0.103. The van der Waals surface area contributed by atoms with Crippen molar-refractivity contribution in [1.82, 2.24) is 0 Å². The average molecular weight is 450 g/mol. The highest BCUT2D eigenvalue weighted by molar-refractivity contribution is 6.33. The van der Waals surface area contributed by atoms with Gasteiger partial charge in [0.2, 0.25) is 11.2 Å². The summed E-state index contributed by atoms with van der Waals surface area (Å²) in [6, 6.07) is 19.2. The third-order valence-electron chi connectivity index (χ3n) is 4.81. The van der Waals surface area contributed by atoms with Crippen LogP contribution in [0.3, 0.4) is 0 Å². The quantitative estimate of drug-likeness (QED) is 0.384. The molecule has 0 unspecified atom stereocenters. The monoisotopic (exact) mass is 449 g/mol. The molecule has 1 heterocycles. The molecule has 162 valence electrons. The molecule has 6 nitrogen and oxygen atoms in total. The number of carbonyl (C=O) groups is 1. The van der Waals surface area contributed by atoms with E-state index < -0.39 is 0 Å². The van der Waals surface area contributed by atoms with E-state index >= 15 is 0 Å². The van der Waals surface area contributed by atoms with Crippen LogP contribution in [0, 0.1) is 0 Å². The van der Waals surface area contributed by atoms with Crippen molar-refractivity contribution in [2.75, 3.05) is 11.9 Å². The van der Waals surface area contributed by atoms with E-state index in [0.717, 1.165) is 12.0 Å². The summed E-state index contributed by atoms with van der Waals surface area (Å²) in [4.78, 5) is 25.0. The Bertz CT molecular complexity index is 1330. The molecule has 0 saturated carbocycles. The molecular weight excluding hydrogens is 430 g/mol. The van der Waals surface area contributed by atoms with Crippen LogP contribution in [-0.2, 0) is 11.2 Å². The second-order valence-corrected chi connectivity index (χ2v) is 7.37. The van der Waals surface area contributed by atoms with E-state index in [2.05, 4.69) is 5.32 Å². The first-order valence-electron chi connectivity index (χ1n) is 10.0. The lowest BCUT2D eigenvalue weighted by Gasteiger charge is -2.10. The van der Waals surface area contributed by atoms with Gasteiger partial charge in [0.05, 0.1) is 16.1 Å². The van der Waals surface area contributed by atoms with Crippen LogP contribution in [-0.4, -0.2) is 12.5 Å². The van der Waals surface area contributed by atoms with Crippen molar-refractivity contribution in [2.24, 2.45) is 0 Å². The van der Waals surface area contributed by atoms with Crippen molar-refractivity contribution in [3.8, 4) is 17.2 Å². The third-order valence-corrected chi connectivity index (χ3v) is 5.14. The summed E-state index contributed by atoms with van der Waals surface area (Å²) in [5.74, 6) is 0.746. The van der Waals surface area contributed by atoms with Gasteiger partial charge >= 0.3 is 0 Å². The van der Waals surface area contributed by atoms with Crippen LogP contribution in [0.2, 0.25) is 5.02 Å². The lowest BCUT2D eigenvalue weighted by atomic mass is 10.1. The Kier molecular flexibility index (Phi) is 6.42. The number of aryl methyl sites for hydroxylation is 1. The van der Waals surface area contributed by atoms with Crippen LogP contribution in [0.5, 0.6) is 17.2 Å². The fraction of sp³-hybridized carbons (Fsp3) is 0.120. The topological polar surface area (TPSA) is 77.8 Å². The number of benzene rings is 3. The summed E-state index contributed by atoms with van der Waals surface area (Å²) < 4.78 is 17.0. The zero-order valence-electron chi connectivity index (χ0n) is 17.3. The SMILES string of the molecule is CCc1ccccc1Oc1coc2cc(OCC(=O)Nc3ccccc3Cl)ccc2c1=O. The summed E-state index contributed by atoms with van der Waals surface area (Å²) in [6.07, 6.45) is 2.06. The third kappa shape index (κ3) is 4.76. The standard InChI is InChI=1S/C25H20ClNO5/c1-2-16-7-3-6-10-21(16)32-23-14-31-22-13-17(11-12-18(22)25(23)29)30-15-24(28)27-20-9-5-4-8-19(20)26/h3-14H,2,15H2,1H3,(H,27,28). The van der Waals surface area contributed by atoms with E-state index in [-0.39, 0.29) is 23.7 Å². The van der Waals surface area contributed by atoms with Crippen molar-refractivity contribution in [3.63, 3.8) is 0 Å².